The van der Waals surface area contributed by atoms with E-state index < -0.39 is 0 Å². The highest BCUT2D eigenvalue weighted by Crippen LogP contribution is 2.23. The number of aromatic nitrogens is 1. The minimum Gasteiger partial charge on any atom is -0.325 e. The maximum Gasteiger partial charge on any atom is 0.261 e. The molecule has 1 heterocycles. The molecule has 4 heteroatoms. The molecule has 1 aromatic heterocycles. The van der Waals surface area contributed by atoms with Crippen molar-refractivity contribution in [3.63, 3.8) is 0 Å². The fourth-order valence-electron chi connectivity index (χ4n) is 3.20. The number of rotatable bonds is 3. The average Bonchev–Trinajstić information content (AvgIpc) is 2.55. The molecule has 24 heavy (non-hydrogen) atoms. The zero-order chi connectivity index (χ0) is 17.3. The number of carbonyl (C=O) groups excluding carboxylic acids is 1. The maximum atomic E-state index is 12.5. The lowest BCUT2D eigenvalue weighted by atomic mass is 9.87. The van der Waals surface area contributed by atoms with Crippen LogP contribution >= 0.6 is 0 Å². The largest absolute Gasteiger partial charge is 0.325 e. The number of fused-ring (bicyclic) bond motifs is 1. The van der Waals surface area contributed by atoms with Gasteiger partial charge < -0.3 is 10.3 Å². The van der Waals surface area contributed by atoms with Crippen molar-refractivity contribution in [3.8, 4) is 0 Å². The number of hydrogen-bond donors (Lipinski definition) is 2. The van der Waals surface area contributed by atoms with Crippen LogP contribution in [0.25, 0.3) is 0 Å². The Morgan fingerprint density at radius 1 is 1.25 bits per heavy atom. The first-order chi connectivity index (χ1) is 11.4. The minimum atomic E-state index is -0.352. The standard InChI is InChI=1S/C20H24N2O2/c1-12(2)14-5-7-16(8-6-14)21-19(23)17-11-15-10-13(3)4-9-18(15)22-20(17)24/h5-8,11-13H,4,9-10H2,1-3H3,(H,21,23)(H,22,24)/t13-/m1/s1. The molecule has 2 N–H and O–H groups in total. The van der Waals surface area contributed by atoms with E-state index in [0.29, 0.717) is 17.5 Å². The summed E-state index contributed by atoms with van der Waals surface area (Å²) in [5.41, 5.74) is 3.88. The molecule has 0 fully saturated rings. The van der Waals surface area contributed by atoms with Crippen LogP contribution in [0, 0.1) is 5.92 Å². The Kier molecular flexibility index (Phi) is 4.56. The summed E-state index contributed by atoms with van der Waals surface area (Å²) in [5, 5.41) is 2.82. The maximum absolute atomic E-state index is 12.5. The summed E-state index contributed by atoms with van der Waals surface area (Å²) >= 11 is 0. The Hall–Kier alpha value is -2.36. The molecule has 0 bridgehead atoms. The third-order valence-electron chi connectivity index (χ3n) is 4.75. The first kappa shape index (κ1) is 16.5. The van der Waals surface area contributed by atoms with Crippen LogP contribution in [0.3, 0.4) is 0 Å². The molecule has 1 aliphatic rings. The van der Waals surface area contributed by atoms with Crippen molar-refractivity contribution >= 4 is 11.6 Å². The SMILES string of the molecule is CC(C)c1ccc(NC(=O)c2cc3c([nH]c2=O)CC[C@@H](C)C3)cc1. The van der Waals surface area contributed by atoms with Gasteiger partial charge in [-0.1, -0.05) is 32.9 Å². The molecular weight excluding hydrogens is 300 g/mol. The second-order valence-electron chi connectivity index (χ2n) is 7.09. The summed E-state index contributed by atoms with van der Waals surface area (Å²) in [4.78, 5) is 27.6. The molecule has 1 aliphatic carbocycles. The Morgan fingerprint density at radius 2 is 1.96 bits per heavy atom. The third kappa shape index (κ3) is 3.42. The fourth-order valence-corrected chi connectivity index (χ4v) is 3.20. The van der Waals surface area contributed by atoms with Crippen molar-refractivity contribution in [2.75, 3.05) is 5.32 Å². The fraction of sp³-hybridized carbons (Fsp3) is 0.400. The van der Waals surface area contributed by atoms with Gasteiger partial charge in [0, 0.05) is 11.4 Å². The molecule has 2 aromatic rings. The highest BCUT2D eigenvalue weighted by Gasteiger charge is 2.20. The Balaban J connectivity index is 1.82. The molecule has 1 atom stereocenters. The zero-order valence-corrected chi connectivity index (χ0v) is 14.5. The topological polar surface area (TPSA) is 62.0 Å². The van der Waals surface area contributed by atoms with Crippen molar-refractivity contribution in [1.29, 1.82) is 0 Å². The van der Waals surface area contributed by atoms with E-state index in [9.17, 15) is 9.59 Å². The number of carbonyl (C=O) groups is 1. The molecule has 3 rings (SSSR count). The van der Waals surface area contributed by atoms with E-state index in [0.717, 1.165) is 30.5 Å². The molecule has 0 radical (unpaired) electrons. The van der Waals surface area contributed by atoms with Crippen LogP contribution in [0.1, 0.15) is 60.3 Å². The van der Waals surface area contributed by atoms with Gasteiger partial charge in [-0.15, -0.1) is 0 Å². The van der Waals surface area contributed by atoms with Gasteiger partial charge in [0.05, 0.1) is 0 Å². The number of hydrogen-bond acceptors (Lipinski definition) is 2. The van der Waals surface area contributed by atoms with Gasteiger partial charge in [-0.2, -0.15) is 0 Å². The predicted molar refractivity (Wildman–Crippen MR) is 96.7 cm³/mol. The molecule has 126 valence electrons. The number of aromatic amines is 1. The second-order valence-corrected chi connectivity index (χ2v) is 7.09. The van der Waals surface area contributed by atoms with Crippen molar-refractivity contribution in [2.45, 2.75) is 46.0 Å². The third-order valence-corrected chi connectivity index (χ3v) is 4.75. The Labute approximate surface area is 142 Å². The summed E-state index contributed by atoms with van der Waals surface area (Å²) < 4.78 is 0. The molecule has 1 amide bonds. The number of anilines is 1. The zero-order valence-electron chi connectivity index (χ0n) is 14.5. The van der Waals surface area contributed by atoms with Crippen molar-refractivity contribution in [3.05, 3.63) is 63.1 Å². The summed E-state index contributed by atoms with van der Waals surface area (Å²) in [5.74, 6) is 0.678. The van der Waals surface area contributed by atoms with E-state index in [1.807, 2.05) is 24.3 Å². The minimum absolute atomic E-state index is 0.191. The van der Waals surface area contributed by atoms with Crippen molar-refractivity contribution in [2.24, 2.45) is 5.92 Å². The van der Waals surface area contributed by atoms with E-state index in [4.69, 9.17) is 0 Å². The molecule has 0 spiro atoms. The lowest BCUT2D eigenvalue weighted by Crippen LogP contribution is -2.27. The first-order valence-corrected chi connectivity index (χ1v) is 8.60. The van der Waals surface area contributed by atoms with Crippen LogP contribution in [0.2, 0.25) is 0 Å². The summed E-state index contributed by atoms with van der Waals surface area (Å²) in [6, 6.07) is 9.52. The lowest BCUT2D eigenvalue weighted by molar-refractivity contribution is 0.102. The lowest BCUT2D eigenvalue weighted by Gasteiger charge is -2.21. The molecule has 4 nitrogen and oxygen atoms in total. The average molecular weight is 324 g/mol. The summed E-state index contributed by atoms with van der Waals surface area (Å²) in [6.07, 6.45) is 2.87. The van der Waals surface area contributed by atoms with Gasteiger partial charge in [0.1, 0.15) is 5.56 Å². The normalized spacial score (nSPS) is 16.8. The number of H-pyrrole nitrogens is 1. The van der Waals surface area contributed by atoms with E-state index in [1.165, 1.54) is 5.56 Å². The Bertz CT molecular complexity index is 803. The van der Waals surface area contributed by atoms with Crippen LogP contribution in [-0.2, 0) is 12.8 Å². The summed E-state index contributed by atoms with van der Waals surface area (Å²) in [7, 11) is 0. The van der Waals surface area contributed by atoms with E-state index in [2.05, 4.69) is 31.1 Å². The van der Waals surface area contributed by atoms with Crippen LogP contribution < -0.4 is 10.9 Å². The Morgan fingerprint density at radius 3 is 2.62 bits per heavy atom. The van der Waals surface area contributed by atoms with Crippen LogP contribution in [0.15, 0.2) is 35.1 Å². The molecule has 0 saturated heterocycles. The van der Waals surface area contributed by atoms with Gasteiger partial charge >= 0.3 is 0 Å². The van der Waals surface area contributed by atoms with E-state index >= 15 is 0 Å². The highest BCUT2D eigenvalue weighted by atomic mass is 16.2. The van der Waals surface area contributed by atoms with Gasteiger partial charge in [-0.3, -0.25) is 9.59 Å². The van der Waals surface area contributed by atoms with Gasteiger partial charge in [0.2, 0.25) is 0 Å². The number of nitrogens with one attached hydrogen (secondary N) is 2. The van der Waals surface area contributed by atoms with Crippen molar-refractivity contribution in [1.82, 2.24) is 4.98 Å². The van der Waals surface area contributed by atoms with Gasteiger partial charge in [-0.05, 0) is 60.4 Å². The molecule has 1 aromatic carbocycles. The monoisotopic (exact) mass is 324 g/mol. The van der Waals surface area contributed by atoms with Crippen LogP contribution in [0.4, 0.5) is 5.69 Å². The molecule has 0 saturated carbocycles. The van der Waals surface area contributed by atoms with Gasteiger partial charge in [-0.25, -0.2) is 0 Å². The number of amides is 1. The highest BCUT2D eigenvalue weighted by molar-refractivity contribution is 6.04. The number of pyridine rings is 1. The van der Waals surface area contributed by atoms with E-state index in [-0.39, 0.29) is 17.0 Å². The quantitative estimate of drug-likeness (QED) is 0.900. The van der Waals surface area contributed by atoms with Crippen molar-refractivity contribution < 1.29 is 4.79 Å². The molecular formula is C20H24N2O2. The van der Waals surface area contributed by atoms with E-state index in [1.54, 1.807) is 6.07 Å². The second kappa shape index (κ2) is 6.63. The molecule has 0 unspecified atom stereocenters. The van der Waals surface area contributed by atoms with Gasteiger partial charge in [0.15, 0.2) is 0 Å². The van der Waals surface area contributed by atoms with Gasteiger partial charge in [0.25, 0.3) is 11.5 Å². The van der Waals surface area contributed by atoms with Crippen LogP contribution in [0.5, 0.6) is 0 Å². The number of aryl methyl sites for hydroxylation is 1. The number of benzene rings is 1. The summed E-state index contributed by atoms with van der Waals surface area (Å²) in [6.45, 7) is 6.45. The first-order valence-electron chi connectivity index (χ1n) is 8.60. The smallest absolute Gasteiger partial charge is 0.261 e. The molecule has 0 aliphatic heterocycles. The van der Waals surface area contributed by atoms with Crippen LogP contribution in [-0.4, -0.2) is 10.9 Å². The predicted octanol–water partition coefficient (Wildman–Crippen LogP) is 3.88.